The number of methoxy groups -OCH3 is 1. The number of aromatic nitrogens is 2. The molecule has 0 aliphatic rings. The molecular weight excluding hydrogens is 555 g/mol. The number of thiophene rings is 1. The fraction of sp³-hybridized carbons (Fsp3) is 0.346. The predicted molar refractivity (Wildman–Crippen MR) is 143 cm³/mol. The molecule has 3 N–H and O–H groups in total. The van der Waals surface area contributed by atoms with Gasteiger partial charge in [0.1, 0.15) is 0 Å². The van der Waals surface area contributed by atoms with E-state index >= 15 is 0 Å². The molecule has 37 heavy (non-hydrogen) atoms. The van der Waals surface area contributed by atoms with Crippen molar-refractivity contribution in [1.82, 2.24) is 20.6 Å². The van der Waals surface area contributed by atoms with Gasteiger partial charge in [0.15, 0.2) is 0 Å². The molecule has 195 valence electrons. The number of esters is 1. The van der Waals surface area contributed by atoms with Crippen molar-refractivity contribution in [2.45, 2.75) is 44.9 Å². The molecular formula is C26H30AsN4O5S. The molecule has 11 heteroatoms. The molecule has 0 aliphatic carbocycles. The molecule has 2 heterocycles. The van der Waals surface area contributed by atoms with E-state index in [1.807, 2.05) is 30.5 Å². The molecule has 2 aromatic heterocycles. The summed E-state index contributed by atoms with van der Waals surface area (Å²) in [5.41, 5.74) is 3.30. The Hall–Kier alpha value is -3.23. The number of amides is 2. The summed E-state index contributed by atoms with van der Waals surface area (Å²) >= 11 is 1.02. The topological polar surface area (TPSA) is 131 Å². The first kappa shape index (κ1) is 28.3. The first-order valence-corrected chi connectivity index (χ1v) is 14.9. The standard InChI is InChI=1S/C26H30AsN4O5S/c1-15-10-12-37-22(15)24(34)28-14-20(25(35)36-4)31-23(33)21-16(2)29-26(30-17(21)3)27-11-6-8-18-7-5-9-19(32)13-18/h5,7,9-10,12-13,20,32H,6,8,11,14H2,1-4H3,(H,28,34)(H,31,33). The second kappa shape index (κ2) is 13.4. The Morgan fingerprint density at radius 2 is 1.84 bits per heavy atom. The normalized spacial score (nSPS) is 11.9. The number of hydrogen-bond acceptors (Lipinski definition) is 8. The predicted octanol–water partition coefficient (Wildman–Crippen LogP) is 2.25. The number of benzene rings is 1. The second-order valence-corrected chi connectivity index (χ2v) is 11.8. The number of nitrogens with one attached hydrogen (secondary N) is 2. The number of aryl methyl sites for hydroxylation is 4. The number of phenols is 1. The average Bonchev–Trinajstić information content (AvgIpc) is 3.29. The van der Waals surface area contributed by atoms with E-state index in [1.54, 1.807) is 26.0 Å². The van der Waals surface area contributed by atoms with Crippen LogP contribution >= 0.6 is 11.3 Å². The molecule has 9 nitrogen and oxygen atoms in total. The minimum absolute atomic E-state index is 0.116. The van der Waals surface area contributed by atoms with Gasteiger partial charge in [0.25, 0.3) is 0 Å². The van der Waals surface area contributed by atoms with Crippen LogP contribution in [0.4, 0.5) is 0 Å². The summed E-state index contributed by atoms with van der Waals surface area (Å²) in [6, 6.07) is 8.02. The van der Waals surface area contributed by atoms with Crippen LogP contribution in [0.5, 0.6) is 5.75 Å². The van der Waals surface area contributed by atoms with Crippen molar-refractivity contribution < 1.29 is 24.2 Å². The van der Waals surface area contributed by atoms with Gasteiger partial charge < -0.3 is 0 Å². The van der Waals surface area contributed by atoms with E-state index < -0.39 is 17.9 Å². The average molecular weight is 586 g/mol. The summed E-state index contributed by atoms with van der Waals surface area (Å²) in [5.74, 6) is -1.22. The maximum absolute atomic E-state index is 13.1. The summed E-state index contributed by atoms with van der Waals surface area (Å²) in [6.45, 7) is 5.21. The zero-order valence-corrected chi connectivity index (χ0v) is 23.9. The van der Waals surface area contributed by atoms with Gasteiger partial charge in [-0.25, -0.2) is 0 Å². The van der Waals surface area contributed by atoms with Crippen LogP contribution in [0.15, 0.2) is 35.7 Å². The van der Waals surface area contributed by atoms with Crippen LogP contribution < -0.4 is 15.2 Å². The van der Waals surface area contributed by atoms with E-state index in [-0.39, 0.29) is 34.0 Å². The van der Waals surface area contributed by atoms with Crippen LogP contribution in [0.3, 0.4) is 0 Å². The first-order valence-electron chi connectivity index (χ1n) is 11.7. The maximum atomic E-state index is 13.1. The Balaban J connectivity index is 1.60. The molecule has 2 amide bonds. The molecule has 0 aliphatic heterocycles. The summed E-state index contributed by atoms with van der Waals surface area (Å²) in [6.07, 6.45) is 1.81. The molecule has 1 atom stereocenters. The van der Waals surface area contributed by atoms with Gasteiger partial charge in [-0.2, -0.15) is 0 Å². The van der Waals surface area contributed by atoms with Gasteiger partial charge in [-0.15, -0.1) is 0 Å². The molecule has 1 radical (unpaired) electrons. The van der Waals surface area contributed by atoms with Crippen molar-refractivity contribution in [3.63, 3.8) is 0 Å². The number of carbonyl (C=O) groups is 3. The quantitative estimate of drug-likeness (QED) is 0.179. The van der Waals surface area contributed by atoms with Crippen LogP contribution in [-0.2, 0) is 16.0 Å². The number of ether oxygens (including phenoxy) is 1. The summed E-state index contributed by atoms with van der Waals surface area (Å²) in [4.78, 5) is 47.5. The van der Waals surface area contributed by atoms with Crippen LogP contribution in [0, 0.1) is 20.8 Å². The SMILES string of the molecule is COC(=O)C(CNC(=O)c1sccc1C)NC(=O)c1c(C)nc([As]CCCc2cccc(O)c2)nc1C. The third-order valence-corrected chi connectivity index (χ3v) is 8.76. The molecule has 1 unspecified atom stereocenters. The molecule has 0 spiro atoms. The van der Waals surface area contributed by atoms with E-state index in [0.29, 0.717) is 21.8 Å². The molecule has 0 bridgehead atoms. The van der Waals surface area contributed by atoms with E-state index in [0.717, 1.165) is 33.8 Å². The second-order valence-electron chi connectivity index (χ2n) is 8.42. The van der Waals surface area contributed by atoms with Gasteiger partial charge in [-0.1, -0.05) is 0 Å². The number of rotatable bonds is 11. The van der Waals surface area contributed by atoms with Gasteiger partial charge in [0.05, 0.1) is 0 Å². The van der Waals surface area contributed by atoms with Gasteiger partial charge in [0, 0.05) is 0 Å². The molecule has 3 aromatic rings. The van der Waals surface area contributed by atoms with Crippen LogP contribution in [0.25, 0.3) is 0 Å². The van der Waals surface area contributed by atoms with Crippen molar-refractivity contribution >= 4 is 49.5 Å². The fourth-order valence-electron chi connectivity index (χ4n) is 3.72. The number of nitrogens with zero attached hydrogens (tertiary/aromatic N) is 2. The van der Waals surface area contributed by atoms with Gasteiger partial charge in [-0.05, 0) is 18.4 Å². The van der Waals surface area contributed by atoms with E-state index in [4.69, 9.17) is 4.74 Å². The van der Waals surface area contributed by atoms with Gasteiger partial charge in [0.2, 0.25) is 0 Å². The van der Waals surface area contributed by atoms with Crippen LogP contribution in [-0.4, -0.2) is 68.3 Å². The van der Waals surface area contributed by atoms with E-state index in [1.165, 1.54) is 18.4 Å². The van der Waals surface area contributed by atoms with Crippen molar-refractivity contribution in [2.24, 2.45) is 0 Å². The molecule has 0 saturated carbocycles. The zero-order chi connectivity index (χ0) is 26.9. The van der Waals surface area contributed by atoms with Crippen LogP contribution in [0.1, 0.15) is 49.0 Å². The van der Waals surface area contributed by atoms with Gasteiger partial charge >= 0.3 is 209 Å². The summed E-state index contributed by atoms with van der Waals surface area (Å²) < 4.78 is 5.56. The van der Waals surface area contributed by atoms with Crippen molar-refractivity contribution in [3.8, 4) is 5.75 Å². The monoisotopic (exact) mass is 585 g/mol. The van der Waals surface area contributed by atoms with Gasteiger partial charge in [-0.3, -0.25) is 0 Å². The Bertz CT molecular complexity index is 1260. The fourth-order valence-corrected chi connectivity index (χ4v) is 6.57. The van der Waals surface area contributed by atoms with Crippen molar-refractivity contribution in [3.05, 3.63) is 68.7 Å². The number of aromatic hydroxyl groups is 1. The summed E-state index contributed by atoms with van der Waals surface area (Å²) in [5, 5.41) is 17.7. The molecule has 0 saturated heterocycles. The van der Waals surface area contributed by atoms with Crippen LogP contribution in [0.2, 0.25) is 5.21 Å². The molecule has 3 rings (SSSR count). The van der Waals surface area contributed by atoms with E-state index in [9.17, 15) is 19.5 Å². The third-order valence-electron chi connectivity index (χ3n) is 5.60. The first-order chi connectivity index (χ1) is 17.7. The Kier molecular flexibility index (Phi) is 10.2. The zero-order valence-electron chi connectivity index (χ0n) is 21.2. The van der Waals surface area contributed by atoms with Crippen molar-refractivity contribution in [2.75, 3.05) is 13.7 Å². The Labute approximate surface area is 226 Å². The van der Waals surface area contributed by atoms with Crippen molar-refractivity contribution in [1.29, 1.82) is 0 Å². The Morgan fingerprint density at radius 1 is 1.11 bits per heavy atom. The number of phenolic OH excluding ortho intramolecular Hbond substituents is 1. The number of hydrogen-bond donors (Lipinski definition) is 3. The summed E-state index contributed by atoms with van der Waals surface area (Å²) in [7, 11) is 1.23. The third kappa shape index (κ3) is 7.87. The number of carbonyl (C=O) groups excluding carboxylic acids is 3. The van der Waals surface area contributed by atoms with E-state index in [2.05, 4.69) is 20.6 Å². The Morgan fingerprint density at radius 3 is 2.46 bits per heavy atom. The minimum atomic E-state index is -1.07. The molecule has 1 aromatic carbocycles. The molecule has 0 fully saturated rings.